The van der Waals surface area contributed by atoms with Gasteiger partial charge in [-0.05, 0) is 17.7 Å². The lowest BCUT2D eigenvalue weighted by atomic mass is 10.1. The van der Waals surface area contributed by atoms with Crippen molar-refractivity contribution in [3.63, 3.8) is 0 Å². The van der Waals surface area contributed by atoms with E-state index in [0.717, 1.165) is 11.8 Å². The molecule has 1 heterocycles. The van der Waals surface area contributed by atoms with E-state index < -0.39 is 29.8 Å². The van der Waals surface area contributed by atoms with Gasteiger partial charge in [0.1, 0.15) is 5.82 Å². The summed E-state index contributed by atoms with van der Waals surface area (Å²) in [6, 6.07) is 17.1. The first-order valence-electron chi connectivity index (χ1n) is 10.1. The first-order chi connectivity index (χ1) is 16.8. The van der Waals surface area contributed by atoms with E-state index in [1.54, 1.807) is 18.2 Å². The van der Waals surface area contributed by atoms with E-state index >= 15 is 0 Å². The molecule has 0 aliphatic carbocycles. The third-order valence-electron chi connectivity index (χ3n) is 4.44. The third-order valence-corrected chi connectivity index (χ3v) is 4.44. The molecule has 3 rings (SSSR count). The van der Waals surface area contributed by atoms with Gasteiger partial charge in [-0.1, -0.05) is 42.5 Å². The van der Waals surface area contributed by atoms with Crippen molar-refractivity contribution in [1.82, 2.24) is 10.3 Å². The van der Waals surface area contributed by atoms with Gasteiger partial charge in [0, 0.05) is 25.9 Å². The summed E-state index contributed by atoms with van der Waals surface area (Å²) in [5.41, 5.74) is 0.346. The van der Waals surface area contributed by atoms with Gasteiger partial charge in [-0.25, -0.2) is 9.78 Å². The summed E-state index contributed by atoms with van der Waals surface area (Å²) in [5, 5.41) is 15.4. The highest BCUT2D eigenvalue weighted by atomic mass is 19.4. The van der Waals surface area contributed by atoms with Gasteiger partial charge >= 0.3 is 18.3 Å². The zero-order valence-electron chi connectivity index (χ0n) is 18.5. The summed E-state index contributed by atoms with van der Waals surface area (Å²) >= 11 is 0. The second-order valence-corrected chi connectivity index (χ2v) is 7.00. The number of benzene rings is 2. The number of hydrogen-bond donors (Lipinski definition) is 4. The minimum Gasteiger partial charge on any atom is -0.475 e. The van der Waals surface area contributed by atoms with Gasteiger partial charge in [-0.2, -0.15) is 26.3 Å². The van der Waals surface area contributed by atoms with Crippen molar-refractivity contribution in [1.29, 1.82) is 0 Å². The standard InChI is InChI=1S/C21H19F3N4O.C2HF3O2/c1-25-20(29)15-9-5-6-10-17(15)28-18-11-19(27-13-16(18)21(22,23)24)26-12-14-7-3-2-4-8-14;3-2(4,5)1(6)7/h2-11,13H,12H2,1H3,(H,25,29)(H2,26,27,28);(H,6,7). The first kappa shape index (κ1) is 28.0. The van der Waals surface area contributed by atoms with Crippen LogP contribution in [0.25, 0.3) is 0 Å². The molecule has 192 valence electrons. The number of aromatic nitrogens is 1. The average molecular weight is 514 g/mol. The molecule has 0 radical (unpaired) electrons. The smallest absolute Gasteiger partial charge is 0.475 e. The largest absolute Gasteiger partial charge is 0.490 e. The Bertz CT molecular complexity index is 1180. The highest BCUT2D eigenvalue weighted by Gasteiger charge is 2.38. The van der Waals surface area contributed by atoms with Crippen molar-refractivity contribution in [2.75, 3.05) is 17.7 Å². The van der Waals surface area contributed by atoms with Crippen LogP contribution in [0.15, 0.2) is 66.9 Å². The van der Waals surface area contributed by atoms with Crippen molar-refractivity contribution in [3.05, 3.63) is 83.6 Å². The molecule has 36 heavy (non-hydrogen) atoms. The van der Waals surface area contributed by atoms with Gasteiger partial charge in [-0.3, -0.25) is 4.79 Å². The Kier molecular flexibility index (Phi) is 9.25. The molecule has 4 N–H and O–H groups in total. The summed E-state index contributed by atoms with van der Waals surface area (Å²) in [6.07, 6.45) is -8.91. The van der Waals surface area contributed by atoms with Crippen LogP contribution in [0.3, 0.4) is 0 Å². The molecule has 1 aromatic heterocycles. The van der Waals surface area contributed by atoms with Crippen molar-refractivity contribution in [2.45, 2.75) is 18.9 Å². The van der Waals surface area contributed by atoms with Crippen molar-refractivity contribution < 1.29 is 41.0 Å². The summed E-state index contributed by atoms with van der Waals surface area (Å²) in [5.74, 6) is -2.88. The summed E-state index contributed by atoms with van der Waals surface area (Å²) in [7, 11) is 1.46. The molecular formula is C23H20F6N4O3. The van der Waals surface area contributed by atoms with Crippen LogP contribution in [-0.2, 0) is 17.5 Å². The number of aliphatic carboxylic acids is 1. The summed E-state index contributed by atoms with van der Waals surface area (Å²) in [6.45, 7) is 0.410. The van der Waals surface area contributed by atoms with Gasteiger partial charge in [0.2, 0.25) is 0 Å². The molecular weight excluding hydrogens is 494 g/mol. The van der Waals surface area contributed by atoms with E-state index in [4.69, 9.17) is 9.90 Å². The second-order valence-electron chi connectivity index (χ2n) is 7.00. The molecule has 7 nitrogen and oxygen atoms in total. The van der Waals surface area contributed by atoms with E-state index in [2.05, 4.69) is 20.9 Å². The summed E-state index contributed by atoms with van der Waals surface area (Å²) < 4.78 is 72.2. The maximum Gasteiger partial charge on any atom is 0.490 e. The van der Waals surface area contributed by atoms with Gasteiger partial charge < -0.3 is 21.1 Å². The van der Waals surface area contributed by atoms with E-state index in [1.807, 2.05) is 30.3 Å². The lowest BCUT2D eigenvalue weighted by Gasteiger charge is -2.17. The number of carbonyl (C=O) groups excluding carboxylic acids is 1. The molecule has 0 unspecified atom stereocenters. The zero-order valence-corrected chi connectivity index (χ0v) is 18.5. The number of nitrogens with zero attached hydrogens (tertiary/aromatic N) is 1. The third kappa shape index (κ3) is 8.18. The number of carbonyl (C=O) groups is 2. The molecule has 1 amide bonds. The topological polar surface area (TPSA) is 103 Å². The minimum atomic E-state index is -5.08. The fraction of sp³-hybridized carbons (Fsp3) is 0.174. The monoisotopic (exact) mass is 514 g/mol. The highest BCUT2D eigenvalue weighted by molar-refractivity contribution is 6.00. The van der Waals surface area contributed by atoms with E-state index in [0.29, 0.717) is 6.54 Å². The molecule has 0 aliphatic rings. The van der Waals surface area contributed by atoms with E-state index in [9.17, 15) is 31.1 Å². The molecule has 0 aliphatic heterocycles. The number of halogens is 6. The van der Waals surface area contributed by atoms with E-state index in [-0.39, 0.29) is 22.8 Å². The van der Waals surface area contributed by atoms with Gasteiger partial charge in [0.25, 0.3) is 5.91 Å². The number of carboxylic acids is 1. The minimum absolute atomic E-state index is 0.195. The van der Waals surface area contributed by atoms with Crippen LogP contribution in [0.1, 0.15) is 21.5 Å². The number of rotatable bonds is 6. The Hall–Kier alpha value is -4.29. The summed E-state index contributed by atoms with van der Waals surface area (Å²) in [4.78, 5) is 24.8. The number of carboxylic acid groups (broad SMARTS) is 1. The predicted octanol–water partition coefficient (Wildman–Crippen LogP) is 5.45. The molecule has 0 bridgehead atoms. The van der Waals surface area contributed by atoms with Crippen LogP contribution >= 0.6 is 0 Å². The lowest BCUT2D eigenvalue weighted by molar-refractivity contribution is -0.192. The Morgan fingerprint density at radius 3 is 2.06 bits per heavy atom. The van der Waals surface area contributed by atoms with Gasteiger partial charge in [-0.15, -0.1) is 0 Å². The molecule has 0 fully saturated rings. The van der Waals surface area contributed by atoms with Crippen molar-refractivity contribution >= 4 is 29.1 Å². The van der Waals surface area contributed by atoms with E-state index in [1.165, 1.54) is 19.2 Å². The van der Waals surface area contributed by atoms with Gasteiger partial charge in [0.05, 0.1) is 22.5 Å². The molecule has 13 heteroatoms. The second kappa shape index (κ2) is 11.9. The Balaban J connectivity index is 0.000000572. The Morgan fingerprint density at radius 2 is 1.50 bits per heavy atom. The number of anilines is 3. The molecule has 3 aromatic rings. The molecule has 0 saturated carbocycles. The highest BCUT2D eigenvalue weighted by Crippen LogP contribution is 2.37. The number of para-hydroxylation sites is 1. The van der Waals surface area contributed by atoms with Crippen LogP contribution in [0.4, 0.5) is 43.5 Å². The Morgan fingerprint density at radius 1 is 0.917 bits per heavy atom. The number of pyridine rings is 1. The molecule has 0 atom stereocenters. The SMILES string of the molecule is CNC(=O)c1ccccc1Nc1cc(NCc2ccccc2)ncc1C(F)(F)F.O=C(O)C(F)(F)F. The maximum atomic E-state index is 13.5. The zero-order chi connectivity index (χ0) is 26.9. The fourth-order valence-electron chi connectivity index (χ4n) is 2.74. The average Bonchev–Trinajstić information content (AvgIpc) is 2.82. The maximum absolute atomic E-state index is 13.5. The van der Waals surface area contributed by atoms with Crippen LogP contribution in [0, 0.1) is 0 Å². The number of alkyl halides is 6. The normalized spacial score (nSPS) is 11.1. The lowest BCUT2D eigenvalue weighted by Crippen LogP contribution is -2.21. The molecule has 0 spiro atoms. The number of hydrogen-bond acceptors (Lipinski definition) is 5. The predicted molar refractivity (Wildman–Crippen MR) is 120 cm³/mol. The number of nitrogens with one attached hydrogen (secondary N) is 3. The number of amides is 1. The van der Waals surface area contributed by atoms with Crippen molar-refractivity contribution in [2.24, 2.45) is 0 Å². The van der Waals surface area contributed by atoms with Crippen LogP contribution in [0.2, 0.25) is 0 Å². The molecule has 0 saturated heterocycles. The quantitative estimate of drug-likeness (QED) is 0.327. The van der Waals surface area contributed by atoms with Gasteiger partial charge in [0.15, 0.2) is 0 Å². The molecule has 2 aromatic carbocycles. The van der Waals surface area contributed by atoms with Crippen molar-refractivity contribution in [3.8, 4) is 0 Å². The fourth-order valence-corrected chi connectivity index (χ4v) is 2.74. The van der Waals surface area contributed by atoms with Crippen LogP contribution in [0.5, 0.6) is 0 Å². The Labute approximate surface area is 201 Å². The van der Waals surface area contributed by atoms with Crippen LogP contribution < -0.4 is 16.0 Å². The van der Waals surface area contributed by atoms with Crippen LogP contribution in [-0.4, -0.2) is 35.2 Å². The first-order valence-corrected chi connectivity index (χ1v) is 10.1.